The van der Waals surface area contributed by atoms with Crippen molar-refractivity contribution in [2.75, 3.05) is 37.5 Å². The Bertz CT molecular complexity index is 1280. The molecular weight excluding hydrogens is 505 g/mol. The van der Waals surface area contributed by atoms with E-state index in [-0.39, 0.29) is 67.2 Å². The summed E-state index contributed by atoms with van der Waals surface area (Å²) < 4.78 is 49.9. The van der Waals surface area contributed by atoms with E-state index in [1.165, 1.54) is 17.5 Å². The second kappa shape index (κ2) is 10.0. The van der Waals surface area contributed by atoms with E-state index in [4.69, 9.17) is 10.00 Å². The van der Waals surface area contributed by atoms with Gasteiger partial charge in [-0.2, -0.15) is 41.7 Å². The minimum atomic E-state index is -3.64. The highest BCUT2D eigenvalue weighted by molar-refractivity contribution is 7.86. The Kier molecular flexibility index (Phi) is 6.92. The fourth-order valence-electron chi connectivity index (χ4n) is 5.43. The number of anilines is 3. The molecule has 2 aromatic heterocycles. The summed E-state index contributed by atoms with van der Waals surface area (Å²) in [6.45, 7) is 0.242. The molecule has 5 rings (SSSR count). The number of fused-ring (bicyclic) bond motifs is 2. The van der Waals surface area contributed by atoms with Crippen LogP contribution in [0.1, 0.15) is 37.8 Å². The zero-order valence-corrected chi connectivity index (χ0v) is 21.4. The summed E-state index contributed by atoms with van der Waals surface area (Å²) in [7, 11) is -0.512. The number of rotatable bonds is 8. The molecule has 13 nitrogen and oxygen atoms in total. The zero-order chi connectivity index (χ0) is 26.3. The highest BCUT2D eigenvalue weighted by Crippen LogP contribution is 2.40. The molecule has 0 saturated carbocycles. The minimum Gasteiger partial charge on any atom is -0.479 e. The van der Waals surface area contributed by atoms with Crippen LogP contribution >= 0.6 is 0 Å². The highest BCUT2D eigenvalue weighted by atomic mass is 32.2. The van der Waals surface area contributed by atoms with Crippen molar-refractivity contribution >= 4 is 27.8 Å². The van der Waals surface area contributed by atoms with Crippen LogP contribution in [0.3, 0.4) is 0 Å². The van der Waals surface area contributed by atoms with Crippen molar-refractivity contribution in [3.05, 3.63) is 17.6 Å². The third-order valence-electron chi connectivity index (χ3n) is 7.42. The molecule has 2 bridgehead atoms. The number of nitrogens with one attached hydrogen (secondary N) is 2. The van der Waals surface area contributed by atoms with Gasteiger partial charge in [-0.1, -0.05) is 6.42 Å². The smallest absolute Gasteiger partial charge is 0.282 e. The first-order valence-electron chi connectivity index (χ1n) is 12.2. The molecule has 0 spiro atoms. The number of hydrogen-bond acceptors (Lipinski definition) is 10. The number of methoxy groups -OCH3 is 1. The Morgan fingerprint density at radius 2 is 2.03 bits per heavy atom. The number of ether oxygens (including phenoxy) is 1. The van der Waals surface area contributed by atoms with Gasteiger partial charge in [0.15, 0.2) is 11.6 Å². The molecule has 2 aromatic rings. The molecule has 3 aliphatic heterocycles. The first-order chi connectivity index (χ1) is 17.7. The van der Waals surface area contributed by atoms with Crippen molar-refractivity contribution < 1.29 is 22.7 Å². The van der Waals surface area contributed by atoms with Crippen molar-refractivity contribution in [1.29, 1.82) is 5.26 Å². The molecule has 0 aliphatic carbocycles. The first-order valence-corrected chi connectivity index (χ1v) is 13.6. The van der Waals surface area contributed by atoms with Crippen molar-refractivity contribution in [1.82, 2.24) is 28.8 Å². The number of H-pyrrole nitrogens is 1. The van der Waals surface area contributed by atoms with Crippen LogP contribution in [0.5, 0.6) is 5.88 Å². The largest absolute Gasteiger partial charge is 0.479 e. The number of nitriles is 1. The van der Waals surface area contributed by atoms with Crippen LogP contribution in [0.2, 0.25) is 0 Å². The summed E-state index contributed by atoms with van der Waals surface area (Å²) in [5, 5.41) is 27.7. The molecule has 3 saturated heterocycles. The Labute approximate surface area is 214 Å². The third-order valence-corrected chi connectivity index (χ3v) is 9.50. The number of piperidine rings is 2. The molecule has 5 heterocycles. The molecular formula is C22H30FN9O4S. The van der Waals surface area contributed by atoms with Gasteiger partial charge in [0.05, 0.1) is 31.4 Å². The van der Waals surface area contributed by atoms with Crippen LogP contribution in [0.25, 0.3) is 0 Å². The minimum absolute atomic E-state index is 0.0700. The molecule has 3 fully saturated rings. The van der Waals surface area contributed by atoms with Crippen LogP contribution in [-0.4, -0.2) is 87.7 Å². The normalized spacial score (nSPS) is 24.8. The number of aliphatic hydroxyl groups is 1. The van der Waals surface area contributed by atoms with Gasteiger partial charge in [0, 0.05) is 44.3 Å². The van der Waals surface area contributed by atoms with Gasteiger partial charge in [-0.15, -0.1) is 0 Å². The van der Waals surface area contributed by atoms with Crippen molar-refractivity contribution in [2.24, 2.45) is 5.92 Å². The average Bonchev–Trinajstić information content (AvgIpc) is 3.30. The van der Waals surface area contributed by atoms with Crippen LogP contribution in [-0.2, 0) is 16.8 Å². The van der Waals surface area contributed by atoms with Crippen LogP contribution in [0.15, 0.2) is 6.07 Å². The van der Waals surface area contributed by atoms with Gasteiger partial charge < -0.3 is 20.1 Å². The Hall–Kier alpha value is -3.06. The van der Waals surface area contributed by atoms with Crippen molar-refractivity contribution in [2.45, 2.75) is 56.8 Å². The lowest BCUT2D eigenvalue weighted by Gasteiger charge is -2.51. The van der Waals surface area contributed by atoms with Crippen LogP contribution in [0.4, 0.5) is 22.0 Å². The standard InChI is InChI=1S/C22H30FN9O4S/c1-30(22-26-20(19(23)21(27-22)36-2)25-18-6-14(12-33)28-29-18)17-7-15-4-3-5-16(8-17)32(15)37(34,35)31-10-13(9-24)11-31/h6,13,15-17,33H,3-5,7-8,10-12H2,1-2H3,(H2,25,26,27,28,29)/t15-,16+,17-. The molecule has 15 heteroatoms. The van der Waals surface area contributed by atoms with E-state index in [0.717, 1.165) is 19.3 Å². The fraction of sp³-hybridized carbons (Fsp3) is 0.636. The van der Waals surface area contributed by atoms with Crippen LogP contribution < -0.4 is 15.0 Å². The van der Waals surface area contributed by atoms with Gasteiger partial charge in [0.2, 0.25) is 11.8 Å². The van der Waals surface area contributed by atoms with E-state index in [0.29, 0.717) is 18.5 Å². The molecule has 200 valence electrons. The number of aliphatic hydroxyl groups excluding tert-OH is 1. The molecule has 0 aromatic carbocycles. The quantitative estimate of drug-likeness (QED) is 0.446. The molecule has 3 N–H and O–H groups in total. The maximum absolute atomic E-state index is 15.0. The maximum atomic E-state index is 15.0. The molecule has 0 radical (unpaired) electrons. The van der Waals surface area contributed by atoms with Gasteiger partial charge in [-0.3, -0.25) is 5.10 Å². The van der Waals surface area contributed by atoms with E-state index in [1.54, 1.807) is 4.31 Å². The first kappa shape index (κ1) is 25.6. The van der Waals surface area contributed by atoms with Gasteiger partial charge in [-0.05, 0) is 25.7 Å². The summed E-state index contributed by atoms with van der Waals surface area (Å²) in [6, 6.07) is 3.25. The molecule has 0 unspecified atom stereocenters. The van der Waals surface area contributed by atoms with Crippen molar-refractivity contribution in [3.8, 4) is 11.9 Å². The second-order valence-electron chi connectivity index (χ2n) is 9.71. The SMILES string of the molecule is COc1nc(N(C)[C@@H]2C[C@H]3CCC[C@@H](C2)N3S(=O)(=O)N2CC(C#N)C2)nc(Nc2cc(CO)[nH]n2)c1F. The fourth-order valence-corrected chi connectivity index (χ4v) is 7.57. The molecule has 3 atom stereocenters. The number of nitrogens with zero attached hydrogens (tertiary/aromatic N) is 7. The molecule has 0 amide bonds. The third kappa shape index (κ3) is 4.70. The number of aromatic amines is 1. The predicted molar refractivity (Wildman–Crippen MR) is 131 cm³/mol. The van der Waals surface area contributed by atoms with E-state index >= 15 is 0 Å². The highest BCUT2D eigenvalue weighted by Gasteiger charge is 2.50. The number of hydrogen-bond donors (Lipinski definition) is 3. The van der Waals surface area contributed by atoms with Gasteiger partial charge in [0.1, 0.15) is 0 Å². The summed E-state index contributed by atoms with van der Waals surface area (Å²) in [5.74, 6) is -0.885. The van der Waals surface area contributed by atoms with E-state index < -0.39 is 16.0 Å². The monoisotopic (exact) mass is 535 g/mol. The Morgan fingerprint density at radius 3 is 2.62 bits per heavy atom. The maximum Gasteiger partial charge on any atom is 0.282 e. The van der Waals surface area contributed by atoms with Gasteiger partial charge in [-0.25, -0.2) is 0 Å². The second-order valence-corrected chi connectivity index (χ2v) is 11.5. The lowest BCUT2D eigenvalue weighted by Crippen LogP contribution is -2.64. The van der Waals surface area contributed by atoms with Gasteiger partial charge in [0.25, 0.3) is 16.1 Å². The predicted octanol–water partition coefficient (Wildman–Crippen LogP) is 1.11. The van der Waals surface area contributed by atoms with Crippen molar-refractivity contribution in [3.63, 3.8) is 0 Å². The summed E-state index contributed by atoms with van der Waals surface area (Å²) in [4.78, 5) is 10.5. The lowest BCUT2D eigenvalue weighted by atomic mass is 9.83. The Morgan fingerprint density at radius 1 is 1.32 bits per heavy atom. The average molecular weight is 536 g/mol. The molecule has 3 aliphatic rings. The summed E-state index contributed by atoms with van der Waals surface area (Å²) in [6.07, 6.45) is 3.61. The van der Waals surface area contributed by atoms with Gasteiger partial charge >= 0.3 is 0 Å². The number of aromatic nitrogens is 4. The topological polar surface area (TPSA) is 164 Å². The zero-order valence-electron chi connectivity index (χ0n) is 20.6. The number of halogens is 1. The Balaban J connectivity index is 1.36. The van der Waals surface area contributed by atoms with E-state index in [1.807, 2.05) is 11.9 Å². The van der Waals surface area contributed by atoms with E-state index in [2.05, 4.69) is 31.6 Å². The van der Waals surface area contributed by atoms with Crippen LogP contribution in [0, 0.1) is 23.1 Å². The summed E-state index contributed by atoms with van der Waals surface area (Å²) >= 11 is 0. The lowest BCUT2D eigenvalue weighted by molar-refractivity contribution is 0.0930. The van der Waals surface area contributed by atoms with E-state index in [9.17, 15) is 17.9 Å². The molecule has 37 heavy (non-hydrogen) atoms. The summed E-state index contributed by atoms with van der Waals surface area (Å²) in [5.41, 5.74) is 0.455.